The van der Waals surface area contributed by atoms with E-state index < -0.39 is 0 Å². The molecule has 0 aromatic heterocycles. The first-order valence-corrected chi connectivity index (χ1v) is 6.82. The number of hydrogen-bond acceptors (Lipinski definition) is 3. The molecule has 0 aliphatic rings. The Morgan fingerprint density at radius 2 is 1.95 bits per heavy atom. The van der Waals surface area contributed by atoms with Gasteiger partial charge in [0.15, 0.2) is 0 Å². The second kappa shape index (κ2) is 6.79. The van der Waals surface area contributed by atoms with Crippen LogP contribution in [0.2, 0.25) is 0 Å². The third kappa shape index (κ3) is 3.75. The van der Waals surface area contributed by atoms with Crippen molar-refractivity contribution in [3.63, 3.8) is 0 Å². The highest BCUT2D eigenvalue weighted by molar-refractivity contribution is 5.73. The number of phenolic OH excluding ortho intramolecular Hbond substituents is 1. The van der Waals surface area contributed by atoms with Crippen molar-refractivity contribution in [2.45, 2.75) is 18.8 Å². The molecule has 0 saturated carbocycles. The summed E-state index contributed by atoms with van der Waals surface area (Å²) >= 11 is 0. The number of phenols is 1. The molecule has 1 atom stereocenters. The lowest BCUT2D eigenvalue weighted by atomic mass is 9.86. The summed E-state index contributed by atoms with van der Waals surface area (Å²) in [5.74, 6) is 0.407. The number of primary amides is 1. The maximum absolute atomic E-state index is 11.1. The van der Waals surface area contributed by atoms with Crippen LogP contribution in [0.3, 0.4) is 0 Å². The van der Waals surface area contributed by atoms with E-state index in [2.05, 4.69) is 0 Å². The molecule has 4 heteroatoms. The molecule has 110 valence electrons. The van der Waals surface area contributed by atoms with Gasteiger partial charge in [0.05, 0.1) is 7.11 Å². The lowest BCUT2D eigenvalue weighted by Gasteiger charge is -2.19. The fraction of sp³-hybridized carbons (Fsp3) is 0.235. The van der Waals surface area contributed by atoms with Gasteiger partial charge in [-0.15, -0.1) is 0 Å². The molecule has 2 aromatic rings. The Hall–Kier alpha value is -2.49. The van der Waals surface area contributed by atoms with Gasteiger partial charge in [-0.1, -0.05) is 30.3 Å². The van der Waals surface area contributed by atoms with E-state index in [9.17, 15) is 9.90 Å². The fourth-order valence-corrected chi connectivity index (χ4v) is 2.41. The second-order valence-electron chi connectivity index (χ2n) is 4.89. The van der Waals surface area contributed by atoms with E-state index in [1.165, 1.54) is 0 Å². The summed E-state index contributed by atoms with van der Waals surface area (Å²) in [5.41, 5.74) is 7.03. The molecule has 0 radical (unpaired) electrons. The molecule has 0 saturated heterocycles. The Bertz CT molecular complexity index is 611. The number of hydrogen-bond donors (Lipinski definition) is 2. The van der Waals surface area contributed by atoms with Crippen molar-refractivity contribution < 1.29 is 14.6 Å². The zero-order valence-corrected chi connectivity index (χ0v) is 12.0. The van der Waals surface area contributed by atoms with Gasteiger partial charge >= 0.3 is 0 Å². The van der Waals surface area contributed by atoms with Crippen molar-refractivity contribution in [1.29, 1.82) is 0 Å². The number of nitrogens with two attached hydrogens (primary N) is 1. The summed E-state index contributed by atoms with van der Waals surface area (Å²) in [7, 11) is 1.58. The lowest BCUT2D eigenvalue weighted by molar-refractivity contribution is -0.118. The van der Waals surface area contributed by atoms with E-state index in [0.717, 1.165) is 11.1 Å². The Balaban J connectivity index is 2.41. The number of carbonyl (C=O) groups excluding carboxylic acids is 1. The molecule has 1 amide bonds. The van der Waals surface area contributed by atoms with Crippen LogP contribution in [0.15, 0.2) is 48.5 Å². The van der Waals surface area contributed by atoms with Crippen LogP contribution in [0.25, 0.3) is 0 Å². The van der Waals surface area contributed by atoms with Crippen molar-refractivity contribution in [3.8, 4) is 11.5 Å². The first kappa shape index (κ1) is 14.9. The van der Waals surface area contributed by atoms with Crippen molar-refractivity contribution in [2.75, 3.05) is 7.11 Å². The number of amides is 1. The molecule has 21 heavy (non-hydrogen) atoms. The lowest BCUT2D eigenvalue weighted by Crippen LogP contribution is -2.13. The molecule has 2 aromatic carbocycles. The van der Waals surface area contributed by atoms with Crippen LogP contribution in [0, 0.1) is 0 Å². The van der Waals surface area contributed by atoms with E-state index in [0.29, 0.717) is 12.2 Å². The van der Waals surface area contributed by atoms with Gasteiger partial charge in [-0.05, 0) is 30.2 Å². The van der Waals surface area contributed by atoms with Crippen LogP contribution in [0.4, 0.5) is 0 Å². The van der Waals surface area contributed by atoms with Gasteiger partial charge in [-0.3, -0.25) is 4.79 Å². The Morgan fingerprint density at radius 3 is 2.57 bits per heavy atom. The summed E-state index contributed by atoms with van der Waals surface area (Å²) < 4.78 is 5.22. The molecule has 0 spiro atoms. The standard InChI is InChI=1S/C17H19NO3/c1-21-13-7-9-16(19)15(11-13)14(8-10-17(18)20)12-5-3-2-4-6-12/h2-7,9,11,14,19H,8,10H2,1H3,(H2,18,20). The van der Waals surface area contributed by atoms with E-state index in [4.69, 9.17) is 10.5 Å². The average Bonchev–Trinajstić information content (AvgIpc) is 2.50. The molecule has 0 aliphatic heterocycles. The summed E-state index contributed by atoms with van der Waals surface area (Å²) in [4.78, 5) is 11.1. The molecular formula is C17H19NO3. The number of carbonyl (C=O) groups is 1. The molecule has 2 rings (SSSR count). The molecular weight excluding hydrogens is 266 g/mol. The smallest absolute Gasteiger partial charge is 0.217 e. The maximum Gasteiger partial charge on any atom is 0.217 e. The minimum atomic E-state index is -0.349. The minimum absolute atomic E-state index is 0.103. The van der Waals surface area contributed by atoms with Crippen LogP contribution in [-0.4, -0.2) is 18.1 Å². The molecule has 3 N–H and O–H groups in total. The zero-order chi connectivity index (χ0) is 15.2. The molecule has 0 bridgehead atoms. The summed E-state index contributed by atoms with van der Waals surface area (Å²) in [6, 6.07) is 14.9. The van der Waals surface area contributed by atoms with Crippen molar-refractivity contribution in [1.82, 2.24) is 0 Å². The largest absolute Gasteiger partial charge is 0.508 e. The van der Waals surface area contributed by atoms with Gasteiger partial charge in [0.1, 0.15) is 11.5 Å². The predicted octanol–water partition coefficient (Wildman–Crippen LogP) is 2.80. The van der Waals surface area contributed by atoms with Crippen molar-refractivity contribution in [2.24, 2.45) is 5.73 Å². The maximum atomic E-state index is 11.1. The number of ether oxygens (including phenoxy) is 1. The first-order valence-electron chi connectivity index (χ1n) is 6.82. The van der Waals surface area contributed by atoms with Gasteiger partial charge < -0.3 is 15.6 Å². The van der Waals surface area contributed by atoms with Crippen LogP contribution in [-0.2, 0) is 4.79 Å². The van der Waals surface area contributed by atoms with Gasteiger partial charge in [0.25, 0.3) is 0 Å². The van der Waals surface area contributed by atoms with Crippen molar-refractivity contribution in [3.05, 3.63) is 59.7 Å². The second-order valence-corrected chi connectivity index (χ2v) is 4.89. The van der Waals surface area contributed by atoms with Gasteiger partial charge in [0, 0.05) is 17.9 Å². The van der Waals surface area contributed by atoms with Crippen molar-refractivity contribution >= 4 is 5.91 Å². The Morgan fingerprint density at radius 1 is 1.24 bits per heavy atom. The number of rotatable bonds is 6. The van der Waals surface area contributed by atoms with E-state index in [1.54, 1.807) is 25.3 Å². The van der Waals surface area contributed by atoms with Gasteiger partial charge in [-0.2, -0.15) is 0 Å². The SMILES string of the molecule is COc1ccc(O)c(C(CCC(N)=O)c2ccccc2)c1. The normalized spacial score (nSPS) is 11.9. The minimum Gasteiger partial charge on any atom is -0.508 e. The third-order valence-corrected chi connectivity index (χ3v) is 3.49. The quantitative estimate of drug-likeness (QED) is 0.857. The summed E-state index contributed by atoms with van der Waals surface area (Å²) in [6.45, 7) is 0. The highest BCUT2D eigenvalue weighted by Crippen LogP contribution is 2.36. The van der Waals surface area contributed by atoms with Gasteiger partial charge in [0.2, 0.25) is 5.91 Å². The average molecular weight is 285 g/mol. The number of benzene rings is 2. The molecule has 0 heterocycles. The zero-order valence-electron chi connectivity index (χ0n) is 12.0. The van der Waals surface area contributed by atoms with Crippen LogP contribution < -0.4 is 10.5 Å². The molecule has 1 unspecified atom stereocenters. The molecule has 0 fully saturated rings. The van der Waals surface area contributed by atoms with E-state index in [1.807, 2.05) is 30.3 Å². The highest BCUT2D eigenvalue weighted by atomic mass is 16.5. The third-order valence-electron chi connectivity index (χ3n) is 3.49. The Labute approximate surface area is 124 Å². The Kier molecular flexibility index (Phi) is 4.82. The summed E-state index contributed by atoms with van der Waals surface area (Å²) in [6.07, 6.45) is 0.802. The van der Waals surface area contributed by atoms with E-state index >= 15 is 0 Å². The molecule has 0 aliphatic carbocycles. The topological polar surface area (TPSA) is 72.6 Å². The monoisotopic (exact) mass is 285 g/mol. The fourth-order valence-electron chi connectivity index (χ4n) is 2.41. The van der Waals surface area contributed by atoms with E-state index in [-0.39, 0.29) is 24.0 Å². The number of methoxy groups -OCH3 is 1. The summed E-state index contributed by atoms with van der Waals surface area (Å²) in [5, 5.41) is 10.2. The van der Waals surface area contributed by atoms with Crippen LogP contribution >= 0.6 is 0 Å². The first-order chi connectivity index (χ1) is 10.1. The predicted molar refractivity (Wildman–Crippen MR) is 81.4 cm³/mol. The van der Waals surface area contributed by atoms with Gasteiger partial charge in [-0.25, -0.2) is 0 Å². The number of aromatic hydroxyl groups is 1. The molecule has 4 nitrogen and oxygen atoms in total. The van der Waals surface area contributed by atoms with Crippen LogP contribution in [0.1, 0.15) is 29.9 Å². The van der Waals surface area contributed by atoms with Crippen LogP contribution in [0.5, 0.6) is 11.5 Å². The highest BCUT2D eigenvalue weighted by Gasteiger charge is 2.19.